The summed E-state index contributed by atoms with van der Waals surface area (Å²) in [7, 11) is 0. The third-order valence-electron chi connectivity index (χ3n) is 2.38. The predicted octanol–water partition coefficient (Wildman–Crippen LogP) is 3.27. The van der Waals surface area contributed by atoms with Gasteiger partial charge < -0.3 is 5.32 Å². The van der Waals surface area contributed by atoms with E-state index in [1.807, 2.05) is 24.3 Å². The zero-order valence-electron chi connectivity index (χ0n) is 9.94. The molecule has 0 bridgehead atoms. The summed E-state index contributed by atoms with van der Waals surface area (Å²) < 4.78 is 3.38. The summed E-state index contributed by atoms with van der Waals surface area (Å²) in [5.41, 5.74) is 1.41. The molecule has 0 saturated carbocycles. The number of halogens is 2. The lowest BCUT2D eigenvalue weighted by molar-refractivity contribution is 0.0958. The molecule has 1 N–H and O–H groups in total. The van der Waals surface area contributed by atoms with E-state index >= 15 is 0 Å². The van der Waals surface area contributed by atoms with Gasteiger partial charge in [0.15, 0.2) is 0 Å². The van der Waals surface area contributed by atoms with Gasteiger partial charge in [-0.3, -0.25) is 4.79 Å². The molecule has 0 fully saturated rings. The lowest BCUT2D eigenvalue weighted by Gasteiger charge is -2.02. The number of nitrogens with one attached hydrogen (secondary N) is 1. The standard InChI is InChI=1S/C13H11Br2N3O/c1-9(14)6-16-13(19)10-7-17-18(8-10)12-4-2-11(15)3-5-12/h2-5,7-8H,1,6H2,(H,16,19). The number of hydrogen-bond acceptors (Lipinski definition) is 2. The molecule has 1 heterocycles. The van der Waals surface area contributed by atoms with Crippen LogP contribution in [0.15, 0.2) is 52.2 Å². The Kier molecular flexibility index (Phi) is 4.55. The molecule has 0 aliphatic carbocycles. The number of nitrogens with zero attached hydrogens (tertiary/aromatic N) is 2. The SMILES string of the molecule is C=C(Br)CNC(=O)c1cnn(-c2ccc(Br)cc2)c1. The van der Waals surface area contributed by atoms with Gasteiger partial charge in [-0.2, -0.15) is 5.10 Å². The van der Waals surface area contributed by atoms with Gasteiger partial charge in [-0.05, 0) is 24.3 Å². The van der Waals surface area contributed by atoms with Crippen LogP contribution in [-0.2, 0) is 0 Å². The average molecular weight is 385 g/mol. The van der Waals surface area contributed by atoms with Crippen LogP contribution in [0.3, 0.4) is 0 Å². The molecular formula is C13H11Br2N3O. The molecule has 6 heteroatoms. The first-order valence-corrected chi connectivity index (χ1v) is 7.07. The molecule has 1 amide bonds. The molecule has 98 valence electrons. The summed E-state index contributed by atoms with van der Waals surface area (Å²) in [6, 6.07) is 7.68. The molecule has 0 aliphatic rings. The lowest BCUT2D eigenvalue weighted by atomic mass is 10.3. The van der Waals surface area contributed by atoms with Crippen LogP contribution < -0.4 is 5.32 Å². The fourth-order valence-corrected chi connectivity index (χ4v) is 1.86. The topological polar surface area (TPSA) is 46.9 Å². The third kappa shape index (κ3) is 3.78. The molecular weight excluding hydrogens is 374 g/mol. The fourth-order valence-electron chi connectivity index (χ4n) is 1.45. The highest BCUT2D eigenvalue weighted by Crippen LogP contribution is 2.14. The molecule has 4 nitrogen and oxygen atoms in total. The molecule has 2 rings (SSSR count). The second kappa shape index (κ2) is 6.16. The van der Waals surface area contributed by atoms with E-state index in [9.17, 15) is 4.79 Å². The molecule has 0 unspecified atom stereocenters. The van der Waals surface area contributed by atoms with Gasteiger partial charge in [-0.15, -0.1) is 0 Å². The maximum atomic E-state index is 11.8. The predicted molar refractivity (Wildman–Crippen MR) is 81.7 cm³/mol. The van der Waals surface area contributed by atoms with E-state index < -0.39 is 0 Å². The van der Waals surface area contributed by atoms with Crippen LogP contribution in [0.4, 0.5) is 0 Å². The summed E-state index contributed by atoms with van der Waals surface area (Å²) >= 11 is 6.56. The van der Waals surface area contributed by atoms with E-state index in [-0.39, 0.29) is 5.91 Å². The van der Waals surface area contributed by atoms with Gasteiger partial charge in [-0.1, -0.05) is 38.4 Å². The summed E-state index contributed by atoms with van der Waals surface area (Å²) in [5, 5.41) is 6.90. The minimum absolute atomic E-state index is 0.177. The van der Waals surface area contributed by atoms with Gasteiger partial charge in [0, 0.05) is 21.7 Å². The van der Waals surface area contributed by atoms with Gasteiger partial charge in [0.2, 0.25) is 0 Å². The number of hydrogen-bond donors (Lipinski definition) is 1. The normalized spacial score (nSPS) is 10.2. The van der Waals surface area contributed by atoms with Crippen LogP contribution in [-0.4, -0.2) is 22.2 Å². The van der Waals surface area contributed by atoms with Crippen molar-refractivity contribution >= 4 is 37.8 Å². The van der Waals surface area contributed by atoms with E-state index in [0.717, 1.165) is 14.6 Å². The van der Waals surface area contributed by atoms with Crippen molar-refractivity contribution in [3.63, 3.8) is 0 Å². The number of rotatable bonds is 4. The summed E-state index contributed by atoms with van der Waals surface area (Å²) in [6.07, 6.45) is 3.23. The maximum absolute atomic E-state index is 11.8. The van der Waals surface area contributed by atoms with Crippen molar-refractivity contribution in [2.45, 2.75) is 0 Å². The van der Waals surface area contributed by atoms with E-state index in [0.29, 0.717) is 12.1 Å². The highest BCUT2D eigenvalue weighted by atomic mass is 79.9. The highest BCUT2D eigenvalue weighted by molar-refractivity contribution is 9.11. The van der Waals surface area contributed by atoms with Gasteiger partial charge in [0.05, 0.1) is 17.4 Å². The van der Waals surface area contributed by atoms with Crippen molar-refractivity contribution in [3.05, 3.63) is 57.8 Å². The molecule has 0 radical (unpaired) electrons. The van der Waals surface area contributed by atoms with Crippen LogP contribution in [0.2, 0.25) is 0 Å². The fraction of sp³-hybridized carbons (Fsp3) is 0.0769. The molecule has 19 heavy (non-hydrogen) atoms. The number of aromatic nitrogens is 2. The van der Waals surface area contributed by atoms with Gasteiger partial charge in [0.25, 0.3) is 5.91 Å². The Labute approximate surface area is 127 Å². The van der Waals surface area contributed by atoms with Crippen molar-refractivity contribution in [3.8, 4) is 5.69 Å². The zero-order valence-corrected chi connectivity index (χ0v) is 13.1. The van der Waals surface area contributed by atoms with Crippen molar-refractivity contribution in [2.75, 3.05) is 6.54 Å². The quantitative estimate of drug-likeness (QED) is 0.879. The number of carbonyl (C=O) groups excluding carboxylic acids is 1. The van der Waals surface area contributed by atoms with Crippen LogP contribution in [0.1, 0.15) is 10.4 Å². The lowest BCUT2D eigenvalue weighted by Crippen LogP contribution is -2.23. The van der Waals surface area contributed by atoms with E-state index in [2.05, 4.69) is 48.9 Å². The maximum Gasteiger partial charge on any atom is 0.254 e. The molecule has 0 saturated heterocycles. The Hall–Kier alpha value is -1.40. The monoisotopic (exact) mass is 383 g/mol. The number of amides is 1. The van der Waals surface area contributed by atoms with Crippen LogP contribution in [0, 0.1) is 0 Å². The Morgan fingerprint density at radius 3 is 2.68 bits per heavy atom. The second-order valence-electron chi connectivity index (χ2n) is 3.85. The summed E-state index contributed by atoms with van der Waals surface area (Å²) in [5.74, 6) is -0.177. The van der Waals surface area contributed by atoms with Crippen molar-refractivity contribution in [2.24, 2.45) is 0 Å². The van der Waals surface area contributed by atoms with Crippen molar-refractivity contribution in [1.29, 1.82) is 0 Å². The van der Waals surface area contributed by atoms with Crippen LogP contribution in [0.5, 0.6) is 0 Å². The Morgan fingerprint density at radius 2 is 2.05 bits per heavy atom. The summed E-state index contributed by atoms with van der Waals surface area (Å²) in [4.78, 5) is 11.8. The van der Waals surface area contributed by atoms with Crippen molar-refractivity contribution < 1.29 is 4.79 Å². The highest BCUT2D eigenvalue weighted by Gasteiger charge is 2.08. The van der Waals surface area contributed by atoms with Gasteiger partial charge >= 0.3 is 0 Å². The smallest absolute Gasteiger partial charge is 0.254 e. The minimum atomic E-state index is -0.177. The number of benzene rings is 1. The second-order valence-corrected chi connectivity index (χ2v) is 5.89. The molecule has 0 atom stereocenters. The first-order chi connectivity index (χ1) is 9.06. The van der Waals surface area contributed by atoms with Crippen LogP contribution >= 0.6 is 31.9 Å². The average Bonchev–Trinajstić information content (AvgIpc) is 2.86. The van der Waals surface area contributed by atoms with E-state index in [4.69, 9.17) is 0 Å². The largest absolute Gasteiger partial charge is 0.347 e. The van der Waals surface area contributed by atoms with Crippen molar-refractivity contribution in [1.82, 2.24) is 15.1 Å². The minimum Gasteiger partial charge on any atom is -0.347 e. The first kappa shape index (κ1) is 14.0. The van der Waals surface area contributed by atoms with E-state index in [1.165, 1.54) is 6.20 Å². The third-order valence-corrected chi connectivity index (χ3v) is 3.19. The summed E-state index contributed by atoms with van der Waals surface area (Å²) in [6.45, 7) is 4.05. The molecule has 2 aromatic rings. The van der Waals surface area contributed by atoms with Crippen LogP contribution in [0.25, 0.3) is 5.69 Å². The number of carbonyl (C=O) groups is 1. The molecule has 1 aromatic heterocycles. The molecule has 1 aromatic carbocycles. The first-order valence-electron chi connectivity index (χ1n) is 5.48. The van der Waals surface area contributed by atoms with Gasteiger partial charge in [0.1, 0.15) is 0 Å². The zero-order chi connectivity index (χ0) is 13.8. The van der Waals surface area contributed by atoms with E-state index in [1.54, 1.807) is 10.9 Å². The Balaban J connectivity index is 2.12. The molecule has 0 spiro atoms. The van der Waals surface area contributed by atoms with Gasteiger partial charge in [-0.25, -0.2) is 4.68 Å². The Morgan fingerprint density at radius 1 is 1.37 bits per heavy atom. The molecule has 0 aliphatic heterocycles. The Bertz CT molecular complexity index is 605.